The molecule has 68 heavy (non-hydrogen) atoms. The number of hydrogen-bond donors (Lipinski definition) is 4. The second kappa shape index (κ2) is 23.3. The maximum atomic E-state index is 13.1. The van der Waals surface area contributed by atoms with Gasteiger partial charge in [-0.1, -0.05) is 24.3 Å². The number of allylic oxidation sites excluding steroid dienone is 4. The van der Waals surface area contributed by atoms with Crippen LogP contribution in [0.4, 0.5) is 0 Å². The second-order valence-corrected chi connectivity index (χ2v) is 21.7. The lowest BCUT2D eigenvalue weighted by Crippen LogP contribution is -2.13. The summed E-state index contributed by atoms with van der Waals surface area (Å²) in [7, 11) is -20.0. The molecule has 4 N–H and O–H groups in total. The van der Waals surface area contributed by atoms with Crippen LogP contribution in [0.15, 0.2) is 119 Å². The molecule has 0 heterocycles. The SMILES string of the molecule is C=CCCCOc1c2cc(S(=O)(=O)O)cc1Cc1cc(S(=O)(=O)O)cc(c1OCCCC=C)Cc1cc(S(=O)(=O)O)cc(c1OCCCC=C)Cc1cc(S(=O)(=O)O)cc(c1OCCCC=C)C2. The first-order chi connectivity index (χ1) is 32.1. The molecule has 20 heteroatoms. The van der Waals surface area contributed by atoms with E-state index in [1.54, 1.807) is 24.3 Å². The molecule has 0 saturated carbocycles. The van der Waals surface area contributed by atoms with Gasteiger partial charge in [0.1, 0.15) is 23.0 Å². The molecule has 0 saturated heterocycles. The minimum atomic E-state index is -5.00. The zero-order chi connectivity index (χ0) is 49.9. The third-order valence-electron chi connectivity index (χ3n) is 10.8. The van der Waals surface area contributed by atoms with Crippen molar-refractivity contribution in [2.45, 2.75) is 96.6 Å². The van der Waals surface area contributed by atoms with Gasteiger partial charge < -0.3 is 18.9 Å². The van der Waals surface area contributed by atoms with Crippen LogP contribution in [-0.2, 0) is 66.2 Å². The number of unbranched alkanes of at least 4 members (excludes halogenated alkanes) is 4. The van der Waals surface area contributed by atoms with Crippen LogP contribution in [0.1, 0.15) is 95.9 Å². The van der Waals surface area contributed by atoms with E-state index in [0.717, 1.165) is 48.5 Å². The maximum absolute atomic E-state index is 13.1. The number of fused-ring (bicyclic) bond motifs is 8. The zero-order valence-electron chi connectivity index (χ0n) is 37.4. The van der Waals surface area contributed by atoms with Crippen molar-refractivity contribution >= 4 is 40.5 Å². The van der Waals surface area contributed by atoms with Crippen molar-refractivity contribution < 1.29 is 70.8 Å². The molecule has 1 aliphatic carbocycles. The summed E-state index contributed by atoms with van der Waals surface area (Å²) >= 11 is 0. The number of benzene rings is 4. The summed E-state index contributed by atoms with van der Waals surface area (Å²) in [4.78, 5) is -2.42. The molecule has 1 aliphatic rings. The molecule has 16 nitrogen and oxygen atoms in total. The van der Waals surface area contributed by atoms with Crippen LogP contribution in [0.3, 0.4) is 0 Å². The molecule has 368 valence electrons. The predicted molar refractivity (Wildman–Crippen MR) is 256 cm³/mol. The van der Waals surface area contributed by atoms with E-state index in [0.29, 0.717) is 51.4 Å². The van der Waals surface area contributed by atoms with Crippen LogP contribution in [0.25, 0.3) is 0 Å². The smallest absolute Gasteiger partial charge is 0.294 e. The Morgan fingerprint density at radius 1 is 0.353 bits per heavy atom. The normalized spacial score (nSPS) is 13.0. The highest BCUT2D eigenvalue weighted by atomic mass is 32.2. The van der Waals surface area contributed by atoms with E-state index in [9.17, 15) is 51.9 Å². The van der Waals surface area contributed by atoms with Crippen LogP contribution in [0, 0.1) is 0 Å². The topological polar surface area (TPSA) is 254 Å². The second-order valence-electron chi connectivity index (χ2n) is 16.0. The molecule has 0 radical (unpaired) electrons. The first kappa shape index (κ1) is 53.6. The summed E-state index contributed by atoms with van der Waals surface area (Å²) in [6.07, 6.45) is 8.96. The molecular weight excluding hydrogens is 961 g/mol. The van der Waals surface area contributed by atoms with E-state index >= 15 is 0 Å². The van der Waals surface area contributed by atoms with Crippen LogP contribution in [0.2, 0.25) is 0 Å². The number of ether oxygens (including phenoxy) is 4. The van der Waals surface area contributed by atoms with Gasteiger partial charge in [0.2, 0.25) is 0 Å². The maximum Gasteiger partial charge on any atom is 0.294 e. The lowest BCUT2D eigenvalue weighted by molar-refractivity contribution is 0.299. The standard InChI is InChI=1S/C48H56O16S4/c1-5-9-13-17-61-45-33-21-35-27-42(66(52,53)54)29-37(46(35)62-18-14-10-6-2)23-39-31-44(68(58,59)60)32-40(48(39)64-20-16-12-8-4)24-38-30-43(67(55,56)57)28-36(47(38)63-19-15-11-7-3)22-34(45)26-41(25-33)65(49,50)51/h5-8,25-32H,1-4,9-24H2,(H,49,50,51)(H,52,53,54)(H,55,56,57)(H,58,59,60). The van der Waals surface area contributed by atoms with Crippen molar-refractivity contribution in [3.05, 3.63) is 144 Å². The molecule has 8 bridgehead atoms. The van der Waals surface area contributed by atoms with Crippen LogP contribution < -0.4 is 18.9 Å². The van der Waals surface area contributed by atoms with Gasteiger partial charge in [0.05, 0.1) is 46.0 Å². The fourth-order valence-corrected chi connectivity index (χ4v) is 10.0. The van der Waals surface area contributed by atoms with Crippen LogP contribution >= 0.6 is 0 Å². The van der Waals surface area contributed by atoms with Crippen LogP contribution in [-0.4, -0.2) is 78.3 Å². The zero-order valence-corrected chi connectivity index (χ0v) is 40.7. The van der Waals surface area contributed by atoms with Gasteiger partial charge in [0.25, 0.3) is 40.5 Å². The van der Waals surface area contributed by atoms with Crippen molar-refractivity contribution in [3.8, 4) is 23.0 Å². The van der Waals surface area contributed by atoms with E-state index in [2.05, 4.69) is 26.3 Å². The van der Waals surface area contributed by atoms with Gasteiger partial charge in [-0.2, -0.15) is 33.7 Å². The Morgan fingerprint density at radius 3 is 0.647 bits per heavy atom. The van der Waals surface area contributed by atoms with Gasteiger partial charge in [-0.3, -0.25) is 18.2 Å². The lowest BCUT2D eigenvalue weighted by Gasteiger charge is -2.24. The Labute approximate surface area is 399 Å². The van der Waals surface area contributed by atoms with Gasteiger partial charge in [-0.25, -0.2) is 0 Å². The van der Waals surface area contributed by atoms with Crippen molar-refractivity contribution in [3.63, 3.8) is 0 Å². The lowest BCUT2D eigenvalue weighted by atomic mass is 9.91. The molecular formula is C48H56O16S4. The summed E-state index contributed by atoms with van der Waals surface area (Å²) < 4.78 is 173. The fourth-order valence-electron chi connectivity index (χ4n) is 7.71. The molecule has 0 aliphatic heterocycles. The Hall–Kier alpha value is -5.32. The summed E-state index contributed by atoms with van der Waals surface area (Å²) in [5, 5.41) is 0. The fraction of sp³-hybridized carbons (Fsp3) is 0.333. The van der Waals surface area contributed by atoms with Crippen molar-refractivity contribution in [1.29, 1.82) is 0 Å². The number of hydrogen-bond acceptors (Lipinski definition) is 12. The van der Waals surface area contributed by atoms with Crippen molar-refractivity contribution in [2.75, 3.05) is 26.4 Å². The Balaban J connectivity index is 2.03. The molecule has 0 amide bonds. The molecule has 0 aromatic heterocycles. The van der Waals surface area contributed by atoms with E-state index in [1.807, 2.05) is 0 Å². The van der Waals surface area contributed by atoms with Gasteiger partial charge in [-0.15, -0.1) is 26.3 Å². The van der Waals surface area contributed by atoms with Gasteiger partial charge in [-0.05, 0) is 99.9 Å². The van der Waals surface area contributed by atoms with Crippen molar-refractivity contribution in [2.24, 2.45) is 0 Å². The number of rotatable bonds is 24. The van der Waals surface area contributed by atoms with E-state index in [-0.39, 0.29) is 120 Å². The molecule has 0 unspecified atom stereocenters. The Kier molecular flexibility index (Phi) is 18.4. The first-order valence-electron chi connectivity index (χ1n) is 21.6. The third-order valence-corrected chi connectivity index (χ3v) is 14.1. The van der Waals surface area contributed by atoms with Crippen molar-refractivity contribution in [1.82, 2.24) is 0 Å². The average molecular weight is 1020 g/mol. The molecule has 4 aromatic rings. The highest BCUT2D eigenvalue weighted by Gasteiger charge is 2.29. The summed E-state index contributed by atoms with van der Waals surface area (Å²) in [5.41, 5.74) is 0.642. The minimum absolute atomic E-state index is 0.0417. The summed E-state index contributed by atoms with van der Waals surface area (Å²) in [6, 6.07) is 9.08. The third kappa shape index (κ3) is 14.4. The minimum Gasteiger partial charge on any atom is -0.493 e. The first-order valence-corrected chi connectivity index (χ1v) is 27.3. The highest BCUT2D eigenvalue weighted by molar-refractivity contribution is 7.86. The highest BCUT2D eigenvalue weighted by Crippen LogP contribution is 2.42. The largest absolute Gasteiger partial charge is 0.493 e. The monoisotopic (exact) mass is 1020 g/mol. The quantitative estimate of drug-likeness (QED) is 0.0256. The molecule has 0 fully saturated rings. The van der Waals surface area contributed by atoms with E-state index < -0.39 is 60.1 Å². The average Bonchev–Trinajstić information content (AvgIpc) is 3.24. The Bertz CT molecular complexity index is 2500. The molecule has 0 spiro atoms. The van der Waals surface area contributed by atoms with Crippen LogP contribution in [0.5, 0.6) is 23.0 Å². The van der Waals surface area contributed by atoms with E-state index in [1.165, 1.54) is 0 Å². The van der Waals surface area contributed by atoms with E-state index in [4.69, 9.17) is 18.9 Å². The summed E-state index contributed by atoms with van der Waals surface area (Å²) in [6.45, 7) is 15.2. The summed E-state index contributed by atoms with van der Waals surface area (Å²) in [5.74, 6) is 0.276. The molecule has 5 rings (SSSR count). The Morgan fingerprint density at radius 2 is 0.515 bits per heavy atom. The predicted octanol–water partition coefficient (Wildman–Crippen LogP) is 8.73. The molecule has 0 atom stereocenters. The van der Waals surface area contributed by atoms with Gasteiger partial charge >= 0.3 is 0 Å². The van der Waals surface area contributed by atoms with Gasteiger partial charge in [0.15, 0.2) is 0 Å². The molecule has 4 aromatic carbocycles. The van der Waals surface area contributed by atoms with Gasteiger partial charge in [0, 0.05) is 70.2 Å².